The lowest BCUT2D eigenvalue weighted by molar-refractivity contribution is 0.447. The van der Waals surface area contributed by atoms with E-state index in [2.05, 4.69) is 6.92 Å². The molecule has 0 aliphatic heterocycles. The van der Waals surface area contributed by atoms with E-state index in [9.17, 15) is 17.6 Å². The van der Waals surface area contributed by atoms with E-state index in [1.54, 1.807) is 24.3 Å². The fraction of sp³-hybridized carbons (Fsp3) is 0.259. The van der Waals surface area contributed by atoms with Crippen LogP contribution in [0.4, 0.5) is 22.0 Å². The van der Waals surface area contributed by atoms with E-state index >= 15 is 4.39 Å². The monoisotopic (exact) mass is 442 g/mol. The van der Waals surface area contributed by atoms with Crippen LogP contribution < -0.4 is 0 Å². The van der Waals surface area contributed by atoms with Crippen molar-refractivity contribution >= 4 is 5.57 Å². The van der Waals surface area contributed by atoms with Gasteiger partial charge in [0.15, 0.2) is 17.5 Å². The molecule has 0 N–H and O–H groups in total. The summed E-state index contributed by atoms with van der Waals surface area (Å²) >= 11 is 0. The molecule has 4 rings (SSSR count). The van der Waals surface area contributed by atoms with Crippen molar-refractivity contribution in [1.82, 2.24) is 0 Å². The predicted octanol–water partition coefficient (Wildman–Crippen LogP) is 7.96. The molecule has 1 aliphatic carbocycles. The lowest BCUT2D eigenvalue weighted by Crippen LogP contribution is -2.08. The maximum atomic E-state index is 15.2. The minimum atomic E-state index is -1.59. The number of allylic oxidation sites excluding steroid dienone is 2. The Balaban J connectivity index is 1.60. The van der Waals surface area contributed by atoms with E-state index in [0.29, 0.717) is 23.1 Å². The minimum Gasteiger partial charge on any atom is -0.206 e. The van der Waals surface area contributed by atoms with Crippen molar-refractivity contribution in [1.29, 1.82) is 0 Å². The molecule has 0 radical (unpaired) electrons. The van der Waals surface area contributed by atoms with Crippen molar-refractivity contribution in [2.75, 3.05) is 0 Å². The second-order valence-electron chi connectivity index (χ2n) is 8.20. The Morgan fingerprint density at radius 2 is 1.47 bits per heavy atom. The Labute approximate surface area is 184 Å². The molecule has 0 unspecified atom stereocenters. The first-order valence-electron chi connectivity index (χ1n) is 10.8. The van der Waals surface area contributed by atoms with Crippen LogP contribution >= 0.6 is 0 Å². The lowest BCUT2D eigenvalue weighted by Gasteiger charge is -2.20. The van der Waals surface area contributed by atoms with Gasteiger partial charge >= 0.3 is 0 Å². The summed E-state index contributed by atoms with van der Waals surface area (Å²) in [5.41, 5.74) is 3.27. The normalized spacial score (nSPS) is 13.1. The third-order valence-corrected chi connectivity index (χ3v) is 6.02. The average Bonchev–Trinajstić information content (AvgIpc) is 2.77. The van der Waals surface area contributed by atoms with Crippen LogP contribution in [-0.4, -0.2) is 0 Å². The summed E-state index contributed by atoms with van der Waals surface area (Å²) in [4.78, 5) is 0. The van der Waals surface area contributed by atoms with Gasteiger partial charge in [-0.1, -0.05) is 50.1 Å². The topological polar surface area (TPSA) is 0 Å². The second kappa shape index (κ2) is 9.27. The van der Waals surface area contributed by atoms with Crippen molar-refractivity contribution in [2.24, 2.45) is 0 Å². The Morgan fingerprint density at radius 1 is 0.750 bits per heavy atom. The van der Waals surface area contributed by atoms with Gasteiger partial charge in [-0.25, -0.2) is 22.0 Å². The standard InChI is InChI=1S/C27H23F5/c1-2-3-4-5-16-6-9-20(23(28)12-16)17-7-10-21-18(13-17)8-11-22(26(21)31)19-14-24(29)27(32)25(30)15-19/h6-9,11-12,14-15H,2-5,10,13H2,1H3. The van der Waals surface area contributed by atoms with Crippen molar-refractivity contribution in [3.05, 3.63) is 99.9 Å². The van der Waals surface area contributed by atoms with Crippen molar-refractivity contribution in [2.45, 2.75) is 45.4 Å². The van der Waals surface area contributed by atoms with E-state index in [-0.39, 0.29) is 23.4 Å². The molecule has 3 aromatic rings. The molecule has 166 valence electrons. The van der Waals surface area contributed by atoms with E-state index in [1.807, 2.05) is 6.07 Å². The number of rotatable bonds is 6. The lowest BCUT2D eigenvalue weighted by atomic mass is 9.85. The van der Waals surface area contributed by atoms with Crippen LogP contribution in [0, 0.1) is 29.1 Å². The third kappa shape index (κ3) is 4.34. The Kier molecular flexibility index (Phi) is 6.45. The van der Waals surface area contributed by atoms with Crippen LogP contribution in [0.3, 0.4) is 0 Å². The maximum absolute atomic E-state index is 15.2. The largest absolute Gasteiger partial charge is 0.206 e. The highest BCUT2D eigenvalue weighted by atomic mass is 19.2. The summed E-state index contributed by atoms with van der Waals surface area (Å²) in [6.07, 6.45) is 6.45. The summed E-state index contributed by atoms with van der Waals surface area (Å²) in [5, 5.41) is 0. The second-order valence-corrected chi connectivity index (χ2v) is 8.20. The van der Waals surface area contributed by atoms with E-state index < -0.39 is 23.3 Å². The highest BCUT2D eigenvalue weighted by Crippen LogP contribution is 2.35. The van der Waals surface area contributed by atoms with Crippen molar-refractivity contribution in [3.8, 4) is 11.1 Å². The van der Waals surface area contributed by atoms with Gasteiger partial charge in [-0.15, -0.1) is 0 Å². The third-order valence-electron chi connectivity index (χ3n) is 6.02. The molecule has 0 saturated heterocycles. The number of hydrogen-bond donors (Lipinski definition) is 0. The molecule has 3 aromatic carbocycles. The number of halogens is 5. The molecule has 0 amide bonds. The molecule has 0 spiro atoms. The molecular formula is C27H23F5. The molecular weight excluding hydrogens is 419 g/mol. The highest BCUT2D eigenvalue weighted by molar-refractivity contribution is 5.73. The van der Waals surface area contributed by atoms with Crippen LogP contribution in [0.15, 0.2) is 48.5 Å². The minimum absolute atomic E-state index is 0.000938. The smallest absolute Gasteiger partial charge is 0.194 e. The number of benzene rings is 3. The van der Waals surface area contributed by atoms with Crippen molar-refractivity contribution in [3.63, 3.8) is 0 Å². The molecule has 32 heavy (non-hydrogen) atoms. The predicted molar refractivity (Wildman–Crippen MR) is 117 cm³/mol. The van der Waals surface area contributed by atoms with Gasteiger partial charge in [0.1, 0.15) is 11.6 Å². The quantitative estimate of drug-likeness (QED) is 0.206. The van der Waals surface area contributed by atoms with Crippen LogP contribution in [-0.2, 0) is 19.3 Å². The van der Waals surface area contributed by atoms with E-state index in [4.69, 9.17) is 0 Å². The first kappa shape index (κ1) is 22.3. The van der Waals surface area contributed by atoms with Gasteiger partial charge in [0, 0.05) is 11.1 Å². The van der Waals surface area contributed by atoms with Crippen LogP contribution in [0.25, 0.3) is 16.7 Å². The van der Waals surface area contributed by atoms with Gasteiger partial charge in [0.2, 0.25) is 0 Å². The molecule has 0 saturated carbocycles. The molecule has 0 nitrogen and oxygen atoms in total. The van der Waals surface area contributed by atoms with Gasteiger partial charge in [-0.05, 0) is 71.7 Å². The summed E-state index contributed by atoms with van der Waals surface area (Å²) in [5.74, 6) is -5.21. The fourth-order valence-corrected chi connectivity index (χ4v) is 4.24. The van der Waals surface area contributed by atoms with Gasteiger partial charge in [-0.2, -0.15) is 0 Å². The van der Waals surface area contributed by atoms with Gasteiger partial charge in [-0.3, -0.25) is 0 Å². The van der Waals surface area contributed by atoms with E-state index in [0.717, 1.165) is 49.0 Å². The van der Waals surface area contributed by atoms with Crippen molar-refractivity contribution < 1.29 is 22.0 Å². The van der Waals surface area contributed by atoms with Crippen LogP contribution in [0.1, 0.15) is 48.4 Å². The summed E-state index contributed by atoms with van der Waals surface area (Å²) in [6, 6.07) is 9.96. The fourth-order valence-electron chi connectivity index (χ4n) is 4.24. The zero-order valence-electron chi connectivity index (χ0n) is 17.8. The van der Waals surface area contributed by atoms with Crippen LogP contribution in [0.5, 0.6) is 0 Å². The first-order chi connectivity index (χ1) is 15.4. The van der Waals surface area contributed by atoms with E-state index in [1.165, 1.54) is 6.07 Å². The Hall–Kier alpha value is -2.95. The summed E-state index contributed by atoms with van der Waals surface area (Å²) < 4.78 is 70.4. The average molecular weight is 442 g/mol. The zero-order valence-corrected chi connectivity index (χ0v) is 17.8. The van der Waals surface area contributed by atoms with Gasteiger partial charge in [0.25, 0.3) is 0 Å². The zero-order chi connectivity index (χ0) is 22.8. The highest BCUT2D eigenvalue weighted by Gasteiger charge is 2.22. The molecule has 0 atom stereocenters. The van der Waals surface area contributed by atoms with Gasteiger partial charge in [0.05, 0.1) is 0 Å². The molecule has 5 heteroatoms. The molecule has 0 fully saturated rings. The number of fused-ring (bicyclic) bond motifs is 1. The molecule has 0 aromatic heterocycles. The number of hydrogen-bond acceptors (Lipinski definition) is 0. The molecule has 0 bridgehead atoms. The van der Waals surface area contributed by atoms with Gasteiger partial charge < -0.3 is 0 Å². The Bertz CT molecular complexity index is 1170. The summed E-state index contributed by atoms with van der Waals surface area (Å²) in [6.45, 7) is 2.12. The number of aryl methyl sites for hydroxylation is 1. The maximum Gasteiger partial charge on any atom is 0.194 e. The number of unbranched alkanes of at least 4 members (excludes halogenated alkanes) is 2. The first-order valence-corrected chi connectivity index (χ1v) is 10.8. The van der Waals surface area contributed by atoms with Crippen LogP contribution in [0.2, 0.25) is 0 Å². The Morgan fingerprint density at radius 3 is 2.16 bits per heavy atom. The molecule has 1 aliphatic rings. The summed E-state index contributed by atoms with van der Waals surface area (Å²) in [7, 11) is 0. The molecule has 0 heterocycles. The SMILES string of the molecule is CCCCCc1ccc(C2=CCc3c(ccc(-c4cc(F)c(F)c(F)c4)c3F)C2)c(F)c1.